The van der Waals surface area contributed by atoms with E-state index in [1.807, 2.05) is 0 Å². The number of hydrogen-bond acceptors (Lipinski definition) is 3. The van der Waals surface area contributed by atoms with Gasteiger partial charge in [-0.25, -0.2) is 0 Å². The maximum absolute atomic E-state index is 8.63. The number of nitrogens with one attached hydrogen (secondary N) is 1. The second-order valence-corrected chi connectivity index (χ2v) is 3.50. The summed E-state index contributed by atoms with van der Waals surface area (Å²) < 4.78 is 0. The van der Waals surface area contributed by atoms with Gasteiger partial charge in [0.15, 0.2) is 0 Å². The van der Waals surface area contributed by atoms with Crippen molar-refractivity contribution in [3.8, 4) is 0 Å². The highest BCUT2D eigenvalue weighted by atomic mass is 16.5. The van der Waals surface area contributed by atoms with Gasteiger partial charge in [-0.05, 0) is 18.8 Å². The minimum absolute atomic E-state index is 0.512. The maximum atomic E-state index is 8.63. The van der Waals surface area contributed by atoms with Crippen LogP contribution in [0.2, 0.25) is 0 Å². The van der Waals surface area contributed by atoms with E-state index in [0.29, 0.717) is 6.04 Å². The van der Waals surface area contributed by atoms with Crippen molar-refractivity contribution in [2.45, 2.75) is 38.1 Å². The van der Waals surface area contributed by atoms with Crippen molar-refractivity contribution >= 4 is 5.84 Å². The third-order valence-corrected chi connectivity index (χ3v) is 2.78. The summed E-state index contributed by atoms with van der Waals surface area (Å²) in [5.41, 5.74) is 2.17. The summed E-state index contributed by atoms with van der Waals surface area (Å²) in [4.78, 5) is 4.38. The molecule has 62 valence electrons. The van der Waals surface area contributed by atoms with Gasteiger partial charge in [-0.1, -0.05) is 12.8 Å². The Kier molecular flexibility index (Phi) is 1.82. The standard InChI is InChI=1S/C8H14N2O/c11-10-8-5-6-3-1-2-4-7(6)9-8/h6-7,11H,1-5H2,(H,9,10)/t6-,7+/m0/s1. The lowest BCUT2D eigenvalue weighted by Gasteiger charge is -2.22. The molecule has 2 atom stereocenters. The van der Waals surface area contributed by atoms with Crippen molar-refractivity contribution in [3.63, 3.8) is 0 Å². The van der Waals surface area contributed by atoms with Gasteiger partial charge in [0.05, 0.1) is 6.04 Å². The van der Waals surface area contributed by atoms with E-state index in [1.165, 1.54) is 25.7 Å². The fourth-order valence-corrected chi connectivity index (χ4v) is 2.17. The summed E-state index contributed by atoms with van der Waals surface area (Å²) in [5, 5.41) is 8.63. The molecular formula is C8H14N2O. The monoisotopic (exact) mass is 154 g/mol. The molecule has 0 spiro atoms. The minimum atomic E-state index is 0.512. The highest BCUT2D eigenvalue weighted by Crippen LogP contribution is 2.33. The molecule has 0 saturated heterocycles. The number of rotatable bonds is 0. The highest BCUT2D eigenvalue weighted by Gasteiger charge is 2.30. The van der Waals surface area contributed by atoms with Crippen LogP contribution in [0.1, 0.15) is 32.1 Å². The van der Waals surface area contributed by atoms with Crippen molar-refractivity contribution in [1.82, 2.24) is 5.48 Å². The second kappa shape index (κ2) is 2.81. The third-order valence-electron chi connectivity index (χ3n) is 2.78. The number of hydrogen-bond donors (Lipinski definition) is 2. The Bertz CT molecular complexity index is 179. The summed E-state index contributed by atoms with van der Waals surface area (Å²) >= 11 is 0. The molecule has 1 fully saturated rings. The second-order valence-electron chi connectivity index (χ2n) is 3.50. The van der Waals surface area contributed by atoms with E-state index in [9.17, 15) is 0 Å². The first-order valence-corrected chi connectivity index (χ1v) is 4.37. The van der Waals surface area contributed by atoms with Crippen LogP contribution < -0.4 is 5.48 Å². The number of hydroxylamine groups is 1. The van der Waals surface area contributed by atoms with Crippen LogP contribution in [0.25, 0.3) is 0 Å². The smallest absolute Gasteiger partial charge is 0.121 e. The van der Waals surface area contributed by atoms with Gasteiger partial charge in [-0.2, -0.15) is 0 Å². The first-order valence-electron chi connectivity index (χ1n) is 4.37. The number of aliphatic imine (C=N–C) groups is 1. The number of nitrogens with zero attached hydrogens (tertiary/aromatic N) is 1. The zero-order chi connectivity index (χ0) is 7.68. The van der Waals surface area contributed by atoms with E-state index < -0.39 is 0 Å². The van der Waals surface area contributed by atoms with E-state index in [4.69, 9.17) is 5.21 Å². The van der Waals surface area contributed by atoms with Gasteiger partial charge in [-0.3, -0.25) is 15.7 Å². The molecule has 2 N–H and O–H groups in total. The van der Waals surface area contributed by atoms with Crippen molar-refractivity contribution < 1.29 is 5.21 Å². The zero-order valence-corrected chi connectivity index (χ0v) is 6.58. The van der Waals surface area contributed by atoms with Gasteiger partial charge < -0.3 is 0 Å². The average Bonchev–Trinajstić information content (AvgIpc) is 2.46. The molecule has 2 aliphatic rings. The van der Waals surface area contributed by atoms with E-state index in [1.54, 1.807) is 0 Å². The largest absolute Gasteiger partial charge is 0.290 e. The van der Waals surface area contributed by atoms with Crippen molar-refractivity contribution in [2.24, 2.45) is 10.9 Å². The van der Waals surface area contributed by atoms with E-state index >= 15 is 0 Å². The fraction of sp³-hybridized carbons (Fsp3) is 0.875. The molecule has 0 amide bonds. The van der Waals surface area contributed by atoms with E-state index in [2.05, 4.69) is 10.5 Å². The molecule has 1 heterocycles. The normalized spacial score (nSPS) is 36.3. The van der Waals surface area contributed by atoms with Crippen LogP contribution in [0, 0.1) is 5.92 Å². The Labute approximate surface area is 66.5 Å². The highest BCUT2D eigenvalue weighted by molar-refractivity contribution is 5.83. The van der Waals surface area contributed by atoms with Crippen molar-refractivity contribution in [1.29, 1.82) is 0 Å². The Morgan fingerprint density at radius 3 is 2.91 bits per heavy atom. The Morgan fingerprint density at radius 1 is 1.36 bits per heavy atom. The summed E-state index contributed by atoms with van der Waals surface area (Å²) in [6.07, 6.45) is 6.12. The fourth-order valence-electron chi connectivity index (χ4n) is 2.17. The zero-order valence-electron chi connectivity index (χ0n) is 6.58. The van der Waals surface area contributed by atoms with Crippen LogP contribution in [0.3, 0.4) is 0 Å². The van der Waals surface area contributed by atoms with Crippen molar-refractivity contribution in [2.75, 3.05) is 0 Å². The van der Waals surface area contributed by atoms with Gasteiger partial charge in [0.1, 0.15) is 5.84 Å². The third kappa shape index (κ3) is 1.25. The molecule has 2 rings (SSSR count). The average molecular weight is 154 g/mol. The number of fused-ring (bicyclic) bond motifs is 1. The topological polar surface area (TPSA) is 44.6 Å². The summed E-state index contributed by atoms with van der Waals surface area (Å²) in [6.45, 7) is 0. The molecule has 1 aliphatic heterocycles. The molecule has 0 aromatic rings. The molecule has 11 heavy (non-hydrogen) atoms. The predicted octanol–water partition coefficient (Wildman–Crippen LogP) is 1.33. The minimum Gasteiger partial charge on any atom is -0.290 e. The Morgan fingerprint density at radius 2 is 2.18 bits per heavy atom. The molecule has 1 saturated carbocycles. The van der Waals surface area contributed by atoms with Gasteiger partial charge in [0.25, 0.3) is 0 Å². The van der Waals surface area contributed by atoms with Crippen LogP contribution in [0.15, 0.2) is 4.99 Å². The molecule has 0 aromatic carbocycles. The van der Waals surface area contributed by atoms with Crippen LogP contribution in [-0.4, -0.2) is 17.1 Å². The van der Waals surface area contributed by atoms with Crippen LogP contribution in [0.5, 0.6) is 0 Å². The lowest BCUT2D eigenvalue weighted by Crippen LogP contribution is -2.20. The van der Waals surface area contributed by atoms with Crippen molar-refractivity contribution in [3.05, 3.63) is 0 Å². The summed E-state index contributed by atoms with van der Waals surface area (Å²) in [7, 11) is 0. The first kappa shape index (κ1) is 7.10. The Hall–Kier alpha value is -0.570. The maximum Gasteiger partial charge on any atom is 0.121 e. The van der Waals surface area contributed by atoms with Gasteiger partial charge in [-0.15, -0.1) is 0 Å². The van der Waals surface area contributed by atoms with E-state index in [-0.39, 0.29) is 0 Å². The summed E-state index contributed by atoms with van der Waals surface area (Å²) in [5.74, 6) is 1.51. The summed E-state index contributed by atoms with van der Waals surface area (Å²) in [6, 6.07) is 0.512. The van der Waals surface area contributed by atoms with Gasteiger partial charge in [0.2, 0.25) is 0 Å². The lowest BCUT2D eigenvalue weighted by atomic mass is 9.85. The van der Waals surface area contributed by atoms with Crippen LogP contribution in [0.4, 0.5) is 0 Å². The molecule has 0 aromatic heterocycles. The lowest BCUT2D eigenvalue weighted by molar-refractivity contribution is 0.231. The molecule has 0 radical (unpaired) electrons. The predicted molar refractivity (Wildman–Crippen MR) is 42.7 cm³/mol. The van der Waals surface area contributed by atoms with Gasteiger partial charge >= 0.3 is 0 Å². The van der Waals surface area contributed by atoms with E-state index in [0.717, 1.165) is 18.2 Å². The quantitative estimate of drug-likeness (QED) is 0.517. The van der Waals surface area contributed by atoms with Gasteiger partial charge in [0, 0.05) is 6.42 Å². The molecule has 0 bridgehead atoms. The number of amidine groups is 1. The van der Waals surface area contributed by atoms with Crippen LogP contribution >= 0.6 is 0 Å². The molecule has 1 aliphatic carbocycles. The SMILES string of the molecule is ONC1=N[C@@H]2CCCC[C@H]2C1. The molecule has 0 unspecified atom stereocenters. The van der Waals surface area contributed by atoms with Crippen LogP contribution in [-0.2, 0) is 0 Å². The molecule has 3 heteroatoms. The Balaban J connectivity index is 2.02. The molecule has 3 nitrogen and oxygen atoms in total. The molecular weight excluding hydrogens is 140 g/mol. The first-order chi connectivity index (χ1) is 5.40.